The summed E-state index contributed by atoms with van der Waals surface area (Å²) in [7, 11) is 0. The Morgan fingerprint density at radius 2 is 2.18 bits per heavy atom. The monoisotopic (exact) mass is 301 g/mol. The van der Waals surface area contributed by atoms with Gasteiger partial charge in [0.05, 0.1) is 5.56 Å². The molecule has 22 heavy (non-hydrogen) atoms. The Bertz CT molecular complexity index is 520. The van der Waals surface area contributed by atoms with Crippen LogP contribution in [-0.4, -0.2) is 41.3 Å². The second-order valence-electron chi connectivity index (χ2n) is 5.53. The first kappa shape index (κ1) is 16.2. The van der Waals surface area contributed by atoms with Gasteiger partial charge in [-0.15, -0.1) is 0 Å². The van der Waals surface area contributed by atoms with Crippen LogP contribution in [-0.2, 0) is 4.79 Å². The Hall–Kier alpha value is -2.17. The lowest BCUT2D eigenvalue weighted by atomic mass is 9.96. The number of hydrogen-bond donors (Lipinski definition) is 1. The van der Waals surface area contributed by atoms with Gasteiger partial charge < -0.3 is 10.2 Å². The highest BCUT2D eigenvalue weighted by Crippen LogP contribution is 2.16. The number of amides is 2. The number of allylic oxidation sites excluding steroid dienone is 1. The molecule has 0 aromatic carbocycles. The minimum Gasteiger partial charge on any atom is -0.352 e. The SMILES string of the molecule is CC/C=C/C(=O)N1CCC(CNC(=O)c2cccnc2)CC1. The molecule has 1 aliphatic heterocycles. The largest absolute Gasteiger partial charge is 0.352 e. The molecule has 118 valence electrons. The van der Waals surface area contributed by atoms with Crippen LogP contribution < -0.4 is 5.32 Å². The molecule has 0 spiro atoms. The molecule has 0 unspecified atom stereocenters. The molecule has 2 heterocycles. The van der Waals surface area contributed by atoms with E-state index in [1.54, 1.807) is 30.6 Å². The quantitative estimate of drug-likeness (QED) is 0.846. The summed E-state index contributed by atoms with van der Waals surface area (Å²) in [5, 5.41) is 2.95. The van der Waals surface area contributed by atoms with E-state index in [-0.39, 0.29) is 11.8 Å². The predicted octanol–water partition coefficient (Wildman–Crippen LogP) is 2.02. The van der Waals surface area contributed by atoms with Crippen molar-refractivity contribution in [2.45, 2.75) is 26.2 Å². The van der Waals surface area contributed by atoms with Crippen molar-refractivity contribution in [3.8, 4) is 0 Å². The summed E-state index contributed by atoms with van der Waals surface area (Å²) in [4.78, 5) is 29.7. The van der Waals surface area contributed by atoms with Gasteiger partial charge in [0.2, 0.25) is 5.91 Å². The second kappa shape index (κ2) is 8.32. The van der Waals surface area contributed by atoms with Gasteiger partial charge in [0.1, 0.15) is 0 Å². The van der Waals surface area contributed by atoms with Gasteiger partial charge in [-0.2, -0.15) is 0 Å². The van der Waals surface area contributed by atoms with Crippen LogP contribution in [0.15, 0.2) is 36.7 Å². The molecule has 2 rings (SSSR count). The zero-order chi connectivity index (χ0) is 15.8. The molecular weight excluding hydrogens is 278 g/mol. The van der Waals surface area contributed by atoms with E-state index in [9.17, 15) is 9.59 Å². The fourth-order valence-corrected chi connectivity index (χ4v) is 2.52. The summed E-state index contributed by atoms with van der Waals surface area (Å²) in [5.74, 6) is 0.442. The number of aromatic nitrogens is 1. The fraction of sp³-hybridized carbons (Fsp3) is 0.471. The van der Waals surface area contributed by atoms with E-state index in [1.807, 2.05) is 17.9 Å². The summed E-state index contributed by atoms with van der Waals surface area (Å²) >= 11 is 0. The van der Waals surface area contributed by atoms with Gasteiger partial charge in [-0.3, -0.25) is 14.6 Å². The molecule has 1 aromatic rings. The zero-order valence-corrected chi connectivity index (χ0v) is 13.0. The Morgan fingerprint density at radius 1 is 1.41 bits per heavy atom. The third-order valence-corrected chi connectivity index (χ3v) is 3.90. The molecule has 2 amide bonds. The van der Waals surface area contributed by atoms with E-state index in [0.717, 1.165) is 32.4 Å². The average Bonchev–Trinajstić information content (AvgIpc) is 2.58. The van der Waals surface area contributed by atoms with E-state index in [1.165, 1.54) is 0 Å². The Balaban J connectivity index is 1.73. The topological polar surface area (TPSA) is 62.3 Å². The van der Waals surface area contributed by atoms with E-state index >= 15 is 0 Å². The van der Waals surface area contributed by atoms with Gasteiger partial charge in [0.25, 0.3) is 5.91 Å². The number of carbonyl (C=O) groups is 2. The first-order chi connectivity index (χ1) is 10.7. The van der Waals surface area contributed by atoms with Crippen LogP contribution in [0.5, 0.6) is 0 Å². The van der Waals surface area contributed by atoms with Crippen LogP contribution in [0.4, 0.5) is 0 Å². The smallest absolute Gasteiger partial charge is 0.252 e. The van der Waals surface area contributed by atoms with Crippen LogP contribution in [0.25, 0.3) is 0 Å². The average molecular weight is 301 g/mol. The highest BCUT2D eigenvalue weighted by Gasteiger charge is 2.21. The Kier molecular flexibility index (Phi) is 6.13. The molecule has 0 aliphatic carbocycles. The van der Waals surface area contributed by atoms with Gasteiger partial charge >= 0.3 is 0 Å². The lowest BCUT2D eigenvalue weighted by Crippen LogP contribution is -2.41. The van der Waals surface area contributed by atoms with Crippen molar-refractivity contribution in [1.29, 1.82) is 0 Å². The molecule has 1 aromatic heterocycles. The number of likely N-dealkylation sites (tertiary alicyclic amines) is 1. The van der Waals surface area contributed by atoms with Crippen LogP contribution >= 0.6 is 0 Å². The summed E-state index contributed by atoms with van der Waals surface area (Å²) in [5.41, 5.74) is 0.583. The summed E-state index contributed by atoms with van der Waals surface area (Å²) in [6.07, 6.45) is 9.50. The van der Waals surface area contributed by atoms with Crippen molar-refractivity contribution in [2.75, 3.05) is 19.6 Å². The molecule has 1 aliphatic rings. The maximum atomic E-state index is 12.0. The van der Waals surface area contributed by atoms with Gasteiger partial charge in [-0.25, -0.2) is 0 Å². The van der Waals surface area contributed by atoms with Gasteiger partial charge in [-0.1, -0.05) is 13.0 Å². The van der Waals surface area contributed by atoms with E-state index < -0.39 is 0 Å². The number of rotatable bonds is 5. The van der Waals surface area contributed by atoms with Crippen molar-refractivity contribution in [3.63, 3.8) is 0 Å². The number of piperidine rings is 1. The van der Waals surface area contributed by atoms with Crippen LogP contribution in [0.1, 0.15) is 36.5 Å². The van der Waals surface area contributed by atoms with E-state index in [0.29, 0.717) is 18.0 Å². The third-order valence-electron chi connectivity index (χ3n) is 3.90. The van der Waals surface area contributed by atoms with Gasteiger partial charge in [0, 0.05) is 32.0 Å². The molecule has 0 atom stereocenters. The lowest BCUT2D eigenvalue weighted by molar-refractivity contribution is -0.127. The molecule has 0 saturated carbocycles. The number of hydrogen-bond acceptors (Lipinski definition) is 3. The summed E-state index contributed by atoms with van der Waals surface area (Å²) in [6, 6.07) is 3.51. The normalized spacial score (nSPS) is 16.0. The van der Waals surface area contributed by atoms with Crippen molar-refractivity contribution in [3.05, 3.63) is 42.2 Å². The van der Waals surface area contributed by atoms with E-state index in [4.69, 9.17) is 0 Å². The van der Waals surface area contributed by atoms with Crippen molar-refractivity contribution < 1.29 is 9.59 Å². The molecule has 5 nitrogen and oxygen atoms in total. The number of nitrogens with zero attached hydrogens (tertiary/aromatic N) is 2. The van der Waals surface area contributed by atoms with Crippen molar-refractivity contribution >= 4 is 11.8 Å². The summed E-state index contributed by atoms with van der Waals surface area (Å²) in [6.45, 7) is 4.20. The molecule has 0 bridgehead atoms. The summed E-state index contributed by atoms with van der Waals surface area (Å²) < 4.78 is 0. The van der Waals surface area contributed by atoms with Crippen molar-refractivity contribution in [1.82, 2.24) is 15.2 Å². The maximum Gasteiger partial charge on any atom is 0.252 e. The maximum absolute atomic E-state index is 12.0. The second-order valence-corrected chi connectivity index (χ2v) is 5.53. The number of pyridine rings is 1. The highest BCUT2D eigenvalue weighted by atomic mass is 16.2. The molecule has 1 saturated heterocycles. The first-order valence-electron chi connectivity index (χ1n) is 7.84. The minimum absolute atomic E-state index is 0.0857. The zero-order valence-electron chi connectivity index (χ0n) is 13.0. The minimum atomic E-state index is -0.0857. The standard InChI is InChI=1S/C17H23N3O2/c1-2-3-6-16(21)20-10-7-14(8-11-20)12-19-17(22)15-5-4-9-18-13-15/h3-6,9,13-14H,2,7-8,10-12H2,1H3,(H,19,22)/b6-3+. The van der Waals surface area contributed by atoms with Crippen LogP contribution in [0.3, 0.4) is 0 Å². The molecule has 0 radical (unpaired) electrons. The third kappa shape index (κ3) is 4.69. The lowest BCUT2D eigenvalue weighted by Gasteiger charge is -2.31. The molecule has 1 N–H and O–H groups in total. The first-order valence-corrected chi connectivity index (χ1v) is 7.84. The predicted molar refractivity (Wildman–Crippen MR) is 85.3 cm³/mol. The molecule has 1 fully saturated rings. The van der Waals surface area contributed by atoms with Crippen LogP contribution in [0, 0.1) is 5.92 Å². The van der Waals surface area contributed by atoms with E-state index in [2.05, 4.69) is 10.3 Å². The molecular formula is C17H23N3O2. The van der Waals surface area contributed by atoms with Crippen molar-refractivity contribution in [2.24, 2.45) is 5.92 Å². The Morgan fingerprint density at radius 3 is 2.82 bits per heavy atom. The number of nitrogens with one attached hydrogen (secondary N) is 1. The number of carbonyl (C=O) groups excluding carboxylic acids is 2. The van der Waals surface area contributed by atoms with Crippen LogP contribution in [0.2, 0.25) is 0 Å². The van der Waals surface area contributed by atoms with Gasteiger partial charge in [-0.05, 0) is 43.4 Å². The highest BCUT2D eigenvalue weighted by molar-refractivity contribution is 5.93. The fourth-order valence-electron chi connectivity index (χ4n) is 2.52. The Labute approximate surface area is 131 Å². The molecule has 5 heteroatoms. The van der Waals surface area contributed by atoms with Gasteiger partial charge in [0.15, 0.2) is 0 Å².